The predicted molar refractivity (Wildman–Crippen MR) is 151 cm³/mol. The van der Waals surface area contributed by atoms with Crippen LogP contribution in [0.15, 0.2) is 35.5 Å². The number of alkyl halides is 7. The first-order chi connectivity index (χ1) is 22.0. The minimum Gasteiger partial charge on any atom is -0.393 e. The van der Waals surface area contributed by atoms with Crippen LogP contribution in [-0.4, -0.2) is 51.1 Å². The van der Waals surface area contributed by atoms with Gasteiger partial charge in [0.05, 0.1) is 11.7 Å². The third kappa shape index (κ3) is 7.70. The molecule has 10 heteroatoms. The Bertz CT molecular complexity index is 1330. The summed E-state index contributed by atoms with van der Waals surface area (Å²) in [5.74, 6) is 2.47. The summed E-state index contributed by atoms with van der Waals surface area (Å²) in [5, 5.41) is 30.5. The third-order valence-electron chi connectivity index (χ3n) is 9.90. The highest BCUT2D eigenvalue weighted by Gasteiger charge is 2.70. The summed E-state index contributed by atoms with van der Waals surface area (Å²) in [6.07, 6.45) is -9.45. The van der Waals surface area contributed by atoms with Gasteiger partial charge in [0.25, 0.3) is 0 Å². The van der Waals surface area contributed by atoms with Gasteiger partial charge in [-0.15, -0.1) is 0 Å². The van der Waals surface area contributed by atoms with Crippen LogP contribution in [0.1, 0.15) is 106 Å². The molecule has 0 aromatic heterocycles. The molecule has 0 spiro atoms. The Morgan fingerprint density at radius 2 is 1.72 bits per heavy atom. The van der Waals surface area contributed by atoms with E-state index in [0.717, 1.165) is 11.5 Å². The van der Waals surface area contributed by atoms with E-state index in [1.54, 1.807) is 13.0 Å². The molecule has 0 bridgehead atoms. The number of aliphatic hydroxyl groups is 3. The highest BCUT2D eigenvalue weighted by Crippen LogP contribution is 2.63. The van der Waals surface area contributed by atoms with Crippen molar-refractivity contribution in [2.45, 2.75) is 134 Å². The van der Waals surface area contributed by atoms with Gasteiger partial charge < -0.3 is 15.3 Å². The second kappa shape index (κ2) is 12.5. The van der Waals surface area contributed by atoms with Crippen LogP contribution >= 0.6 is 0 Å². The average Bonchev–Trinajstić information content (AvgIpc) is 3.29. The first-order valence-corrected chi connectivity index (χ1v) is 14.5. The van der Waals surface area contributed by atoms with E-state index in [2.05, 4.69) is 6.58 Å². The SMILES string of the molecule is [2H]C([2H])([2H])C(O)(CCCC(C)(CC#CC(O)(C(F)(F)F)C(F)(F)F)[C@H]1CCC2/C(=C/C=C3/C[C@@H](O)C[C@H](F)C3=C)CCC[C@@]21C)C([2H])([2H])[2H]. The van der Waals surface area contributed by atoms with Crippen molar-refractivity contribution in [1.82, 2.24) is 0 Å². The van der Waals surface area contributed by atoms with Gasteiger partial charge in [-0.25, -0.2) is 4.39 Å². The third-order valence-corrected chi connectivity index (χ3v) is 9.90. The molecule has 0 amide bonds. The summed E-state index contributed by atoms with van der Waals surface area (Å²) < 4.78 is 141. The van der Waals surface area contributed by atoms with Crippen molar-refractivity contribution < 1.29 is 54.3 Å². The number of hydrogen-bond donors (Lipinski definition) is 3. The number of allylic oxidation sites excluding steroid dienone is 4. The highest BCUT2D eigenvalue weighted by molar-refractivity contribution is 5.39. The van der Waals surface area contributed by atoms with E-state index in [4.69, 9.17) is 8.22 Å². The van der Waals surface area contributed by atoms with Crippen molar-refractivity contribution in [3.05, 3.63) is 35.5 Å². The van der Waals surface area contributed by atoms with Gasteiger partial charge in [0.1, 0.15) is 6.17 Å². The van der Waals surface area contributed by atoms with Crippen molar-refractivity contribution in [3.8, 4) is 11.8 Å². The van der Waals surface area contributed by atoms with Gasteiger partial charge in [-0.1, -0.05) is 50.5 Å². The molecule has 0 aromatic carbocycles. The molecule has 3 saturated carbocycles. The number of fused-ring (bicyclic) bond motifs is 1. The molecule has 6 atom stereocenters. The minimum atomic E-state index is -6.16. The maximum absolute atomic E-state index is 14.4. The van der Waals surface area contributed by atoms with Crippen molar-refractivity contribution in [2.75, 3.05) is 0 Å². The lowest BCUT2D eigenvalue weighted by Crippen LogP contribution is -2.55. The molecule has 3 nitrogen and oxygen atoms in total. The fourth-order valence-electron chi connectivity index (χ4n) is 7.63. The summed E-state index contributed by atoms with van der Waals surface area (Å²) in [4.78, 5) is 0. The Kier molecular flexibility index (Phi) is 8.00. The summed E-state index contributed by atoms with van der Waals surface area (Å²) in [7, 11) is 0. The van der Waals surface area contributed by atoms with Crippen LogP contribution in [0.25, 0.3) is 0 Å². The van der Waals surface area contributed by atoms with E-state index in [9.17, 15) is 46.1 Å². The van der Waals surface area contributed by atoms with Gasteiger partial charge in [-0.3, -0.25) is 0 Å². The second-order valence-electron chi connectivity index (χ2n) is 13.1. The van der Waals surface area contributed by atoms with Gasteiger partial charge in [0, 0.05) is 21.1 Å². The summed E-state index contributed by atoms with van der Waals surface area (Å²) in [6, 6.07) is 0. The quantitative estimate of drug-likeness (QED) is 0.196. The normalized spacial score (nSPS) is 35.0. The number of aliphatic hydroxyl groups excluding tert-OH is 1. The van der Waals surface area contributed by atoms with Gasteiger partial charge in [-0.2, -0.15) is 26.3 Å². The molecule has 3 N–H and O–H groups in total. The maximum atomic E-state index is 14.4. The Hall–Kier alpha value is -1.83. The topological polar surface area (TPSA) is 60.7 Å². The van der Waals surface area contributed by atoms with Crippen LogP contribution in [0.4, 0.5) is 30.7 Å². The minimum absolute atomic E-state index is 0.0456. The molecule has 2 unspecified atom stereocenters. The van der Waals surface area contributed by atoms with Crippen molar-refractivity contribution in [1.29, 1.82) is 0 Å². The maximum Gasteiger partial charge on any atom is 0.438 e. The molecule has 43 heavy (non-hydrogen) atoms. The lowest BCUT2D eigenvalue weighted by atomic mass is 9.55. The van der Waals surface area contributed by atoms with E-state index < -0.39 is 79.1 Å². The Morgan fingerprint density at radius 3 is 2.33 bits per heavy atom. The van der Waals surface area contributed by atoms with E-state index in [0.29, 0.717) is 37.7 Å². The zero-order valence-electron chi connectivity index (χ0n) is 30.4. The predicted octanol–water partition coefficient (Wildman–Crippen LogP) is 8.30. The molecule has 0 aliphatic heterocycles. The van der Waals surface area contributed by atoms with E-state index in [-0.39, 0.29) is 37.2 Å². The van der Waals surface area contributed by atoms with Crippen molar-refractivity contribution >= 4 is 0 Å². The second-order valence-corrected chi connectivity index (χ2v) is 13.1. The molecule has 3 rings (SSSR count). The molecule has 0 heterocycles. The van der Waals surface area contributed by atoms with Crippen LogP contribution in [0.5, 0.6) is 0 Å². The fraction of sp³-hybridized carbons (Fsp3) is 0.758. The number of rotatable bonds is 7. The molecule has 3 fully saturated rings. The summed E-state index contributed by atoms with van der Waals surface area (Å²) >= 11 is 0. The summed E-state index contributed by atoms with van der Waals surface area (Å²) in [6.45, 7) is 0.717. The molecule has 3 aliphatic rings. The van der Waals surface area contributed by atoms with Crippen molar-refractivity contribution in [3.63, 3.8) is 0 Å². The Morgan fingerprint density at radius 1 is 1.07 bits per heavy atom. The molecule has 3 aliphatic carbocycles. The molecule has 0 aromatic rings. The lowest BCUT2D eigenvalue weighted by Gasteiger charge is -2.49. The van der Waals surface area contributed by atoms with E-state index in [1.807, 2.05) is 18.9 Å². The molecule has 244 valence electrons. The molecule has 0 saturated heterocycles. The van der Waals surface area contributed by atoms with Gasteiger partial charge >= 0.3 is 18.0 Å². The molecular formula is C33H45F7O3. The van der Waals surface area contributed by atoms with E-state index in [1.165, 1.54) is 0 Å². The van der Waals surface area contributed by atoms with Gasteiger partial charge in [-0.05, 0) is 105 Å². The lowest BCUT2D eigenvalue weighted by molar-refractivity contribution is -0.343. The van der Waals surface area contributed by atoms with Crippen molar-refractivity contribution in [2.24, 2.45) is 22.7 Å². The summed E-state index contributed by atoms with van der Waals surface area (Å²) in [5.41, 5.74) is -8.34. The zero-order chi connectivity index (χ0) is 37.6. The standard InChI is InChI=1S/C33H45F7O3/c1-21-23(19-24(41)20-26(21)34)11-10-22-9-6-17-30(5)25(22)12-13-27(30)29(4,15-7-14-28(2,3)42)16-8-18-31(43,32(35,36)37)33(38,39)40/h10-11,24-27,41-43H,1,6-7,9,12-17,19-20H2,2-5H3/b22-10+,23-11-/t24-,25?,26+,27-,29?,30+/m1/s1/i2D3,3D3. The van der Waals surface area contributed by atoms with Crippen LogP contribution in [0.3, 0.4) is 0 Å². The zero-order valence-corrected chi connectivity index (χ0v) is 24.4. The van der Waals surface area contributed by atoms with Gasteiger partial charge in [0.15, 0.2) is 0 Å². The monoisotopic (exact) mass is 628 g/mol. The number of hydrogen-bond acceptors (Lipinski definition) is 3. The van der Waals surface area contributed by atoms with E-state index >= 15 is 0 Å². The van der Waals surface area contributed by atoms with Crippen LogP contribution in [-0.2, 0) is 0 Å². The smallest absolute Gasteiger partial charge is 0.393 e. The molecule has 0 radical (unpaired) electrons. The van der Waals surface area contributed by atoms with Crippen LogP contribution in [0.2, 0.25) is 0 Å². The first-order valence-electron chi connectivity index (χ1n) is 17.5. The fourth-order valence-corrected chi connectivity index (χ4v) is 7.63. The highest BCUT2D eigenvalue weighted by atomic mass is 19.4. The largest absolute Gasteiger partial charge is 0.438 e. The van der Waals surface area contributed by atoms with Crippen LogP contribution < -0.4 is 0 Å². The molecular weight excluding hydrogens is 577 g/mol. The van der Waals surface area contributed by atoms with Crippen LogP contribution in [0, 0.1) is 34.5 Å². The first kappa shape index (κ1) is 27.5. The average molecular weight is 629 g/mol. The Labute approximate surface area is 258 Å². The number of halogens is 7. The Balaban J connectivity index is 2.03. The van der Waals surface area contributed by atoms with Gasteiger partial charge in [0.2, 0.25) is 0 Å².